The minimum Gasteiger partial charge on any atom is -0.396 e. The van der Waals surface area contributed by atoms with Gasteiger partial charge < -0.3 is 9.84 Å². The number of rotatable bonds is 3. The van der Waals surface area contributed by atoms with Crippen LogP contribution in [-0.2, 0) is 11.2 Å². The SMILES string of the molecule is OCC1(Cc2ccccc2)CCOC1. The number of aliphatic hydroxyl groups is 1. The van der Waals surface area contributed by atoms with Crippen molar-refractivity contribution < 1.29 is 9.84 Å². The van der Waals surface area contributed by atoms with Crippen molar-refractivity contribution in [3.63, 3.8) is 0 Å². The summed E-state index contributed by atoms with van der Waals surface area (Å²) in [7, 11) is 0. The summed E-state index contributed by atoms with van der Waals surface area (Å²) >= 11 is 0. The maximum absolute atomic E-state index is 9.40. The van der Waals surface area contributed by atoms with Crippen LogP contribution in [0.2, 0.25) is 0 Å². The Balaban J connectivity index is 2.08. The Bertz CT molecular complexity index is 276. The average molecular weight is 192 g/mol. The molecule has 0 bridgehead atoms. The fourth-order valence-corrected chi connectivity index (χ4v) is 2.00. The molecule has 1 atom stereocenters. The van der Waals surface area contributed by atoms with Crippen molar-refractivity contribution in [3.05, 3.63) is 35.9 Å². The monoisotopic (exact) mass is 192 g/mol. The standard InChI is InChI=1S/C12H16O2/c13-9-12(6-7-14-10-12)8-11-4-2-1-3-5-11/h1-5,13H,6-10H2. The van der Waals surface area contributed by atoms with Gasteiger partial charge in [0.1, 0.15) is 0 Å². The van der Waals surface area contributed by atoms with Crippen molar-refractivity contribution >= 4 is 0 Å². The topological polar surface area (TPSA) is 29.5 Å². The molecule has 76 valence electrons. The first-order chi connectivity index (χ1) is 6.85. The zero-order chi connectivity index (χ0) is 9.86. The summed E-state index contributed by atoms with van der Waals surface area (Å²) in [5, 5.41) is 9.40. The quantitative estimate of drug-likeness (QED) is 0.788. The molecule has 2 nitrogen and oxygen atoms in total. The van der Waals surface area contributed by atoms with Crippen LogP contribution in [-0.4, -0.2) is 24.9 Å². The van der Waals surface area contributed by atoms with Gasteiger partial charge in [-0.25, -0.2) is 0 Å². The fraction of sp³-hybridized carbons (Fsp3) is 0.500. The van der Waals surface area contributed by atoms with Crippen molar-refractivity contribution in [2.24, 2.45) is 5.41 Å². The molecule has 0 amide bonds. The van der Waals surface area contributed by atoms with E-state index in [1.807, 2.05) is 18.2 Å². The summed E-state index contributed by atoms with van der Waals surface area (Å²) in [6, 6.07) is 10.3. The van der Waals surface area contributed by atoms with Crippen LogP contribution >= 0.6 is 0 Å². The zero-order valence-corrected chi connectivity index (χ0v) is 8.28. The Labute approximate surface area is 84.5 Å². The van der Waals surface area contributed by atoms with Crippen LogP contribution in [0.4, 0.5) is 0 Å². The van der Waals surface area contributed by atoms with E-state index in [0.29, 0.717) is 6.61 Å². The molecule has 1 heterocycles. The summed E-state index contributed by atoms with van der Waals surface area (Å²) in [5.41, 5.74) is 1.26. The van der Waals surface area contributed by atoms with Crippen molar-refractivity contribution in [2.75, 3.05) is 19.8 Å². The van der Waals surface area contributed by atoms with Crippen molar-refractivity contribution in [1.82, 2.24) is 0 Å². The Morgan fingerprint density at radius 3 is 2.64 bits per heavy atom. The lowest BCUT2D eigenvalue weighted by Crippen LogP contribution is -2.28. The third kappa shape index (κ3) is 1.97. The second-order valence-corrected chi connectivity index (χ2v) is 4.12. The molecule has 0 radical (unpaired) electrons. The van der Waals surface area contributed by atoms with E-state index < -0.39 is 0 Å². The molecule has 1 unspecified atom stereocenters. The lowest BCUT2D eigenvalue weighted by Gasteiger charge is -2.24. The molecule has 1 aromatic rings. The molecule has 1 aromatic carbocycles. The Morgan fingerprint density at radius 1 is 1.29 bits per heavy atom. The summed E-state index contributed by atoms with van der Waals surface area (Å²) in [5.74, 6) is 0. The van der Waals surface area contributed by atoms with Gasteiger partial charge in [0.05, 0.1) is 13.2 Å². The van der Waals surface area contributed by atoms with Gasteiger partial charge in [0.25, 0.3) is 0 Å². The van der Waals surface area contributed by atoms with Gasteiger partial charge in [-0.15, -0.1) is 0 Å². The summed E-state index contributed by atoms with van der Waals surface area (Å²) in [4.78, 5) is 0. The molecule has 0 spiro atoms. The second kappa shape index (κ2) is 4.11. The molecule has 2 heteroatoms. The van der Waals surface area contributed by atoms with E-state index >= 15 is 0 Å². The molecule has 0 aromatic heterocycles. The van der Waals surface area contributed by atoms with E-state index in [1.165, 1.54) is 5.56 Å². The lowest BCUT2D eigenvalue weighted by atomic mass is 9.82. The number of aliphatic hydroxyl groups excluding tert-OH is 1. The molecular formula is C12H16O2. The van der Waals surface area contributed by atoms with Crippen molar-refractivity contribution in [1.29, 1.82) is 0 Å². The van der Waals surface area contributed by atoms with E-state index in [0.717, 1.165) is 19.4 Å². The Morgan fingerprint density at radius 2 is 2.07 bits per heavy atom. The van der Waals surface area contributed by atoms with E-state index in [-0.39, 0.29) is 12.0 Å². The summed E-state index contributed by atoms with van der Waals surface area (Å²) in [6.07, 6.45) is 1.89. The maximum Gasteiger partial charge on any atom is 0.0548 e. The predicted octanol–water partition coefficient (Wildman–Crippen LogP) is 1.63. The van der Waals surface area contributed by atoms with Crippen LogP contribution in [0.25, 0.3) is 0 Å². The van der Waals surface area contributed by atoms with Gasteiger partial charge in [-0.1, -0.05) is 30.3 Å². The molecule has 0 saturated carbocycles. The highest BCUT2D eigenvalue weighted by molar-refractivity contribution is 5.17. The minimum absolute atomic E-state index is 0.0264. The van der Waals surface area contributed by atoms with Gasteiger partial charge in [0, 0.05) is 12.0 Å². The van der Waals surface area contributed by atoms with E-state index in [1.54, 1.807) is 0 Å². The third-order valence-electron chi connectivity index (χ3n) is 2.94. The van der Waals surface area contributed by atoms with Crippen LogP contribution < -0.4 is 0 Å². The van der Waals surface area contributed by atoms with E-state index in [9.17, 15) is 5.11 Å². The number of hydrogen-bond acceptors (Lipinski definition) is 2. The summed E-state index contributed by atoms with van der Waals surface area (Å²) < 4.78 is 5.36. The molecule has 1 aliphatic rings. The smallest absolute Gasteiger partial charge is 0.0548 e. The Hall–Kier alpha value is -0.860. The third-order valence-corrected chi connectivity index (χ3v) is 2.94. The predicted molar refractivity (Wildman–Crippen MR) is 55.1 cm³/mol. The highest BCUT2D eigenvalue weighted by Crippen LogP contribution is 2.31. The molecule has 0 aliphatic carbocycles. The molecular weight excluding hydrogens is 176 g/mol. The largest absolute Gasteiger partial charge is 0.396 e. The molecule has 1 fully saturated rings. The highest BCUT2D eigenvalue weighted by atomic mass is 16.5. The summed E-state index contributed by atoms with van der Waals surface area (Å²) in [6.45, 7) is 1.70. The molecule has 14 heavy (non-hydrogen) atoms. The second-order valence-electron chi connectivity index (χ2n) is 4.12. The first-order valence-corrected chi connectivity index (χ1v) is 5.07. The van der Waals surface area contributed by atoms with Gasteiger partial charge >= 0.3 is 0 Å². The zero-order valence-electron chi connectivity index (χ0n) is 8.28. The van der Waals surface area contributed by atoms with Crippen molar-refractivity contribution in [2.45, 2.75) is 12.8 Å². The highest BCUT2D eigenvalue weighted by Gasteiger charge is 2.34. The first kappa shape index (κ1) is 9.69. The van der Waals surface area contributed by atoms with Crippen LogP contribution in [0, 0.1) is 5.41 Å². The van der Waals surface area contributed by atoms with Gasteiger partial charge in [-0.2, -0.15) is 0 Å². The van der Waals surface area contributed by atoms with Gasteiger partial charge in [-0.05, 0) is 18.4 Å². The van der Waals surface area contributed by atoms with Gasteiger partial charge in [0.15, 0.2) is 0 Å². The fourth-order valence-electron chi connectivity index (χ4n) is 2.00. The molecule has 2 rings (SSSR count). The molecule has 1 N–H and O–H groups in total. The van der Waals surface area contributed by atoms with Crippen molar-refractivity contribution in [3.8, 4) is 0 Å². The van der Waals surface area contributed by atoms with E-state index in [2.05, 4.69) is 12.1 Å². The maximum atomic E-state index is 9.40. The van der Waals surface area contributed by atoms with Crippen LogP contribution in [0.5, 0.6) is 0 Å². The van der Waals surface area contributed by atoms with Crippen LogP contribution in [0.1, 0.15) is 12.0 Å². The van der Waals surface area contributed by atoms with Crippen LogP contribution in [0.15, 0.2) is 30.3 Å². The Kier molecular flexibility index (Phi) is 2.85. The number of benzene rings is 1. The lowest BCUT2D eigenvalue weighted by molar-refractivity contribution is 0.0935. The molecule has 1 aliphatic heterocycles. The minimum atomic E-state index is -0.0264. The van der Waals surface area contributed by atoms with Crippen LogP contribution in [0.3, 0.4) is 0 Å². The normalized spacial score (nSPS) is 26.6. The van der Waals surface area contributed by atoms with E-state index in [4.69, 9.17) is 4.74 Å². The average Bonchev–Trinajstić information content (AvgIpc) is 2.69. The number of hydrogen-bond donors (Lipinski definition) is 1. The van der Waals surface area contributed by atoms with Gasteiger partial charge in [-0.3, -0.25) is 0 Å². The number of ether oxygens (including phenoxy) is 1. The first-order valence-electron chi connectivity index (χ1n) is 5.07. The van der Waals surface area contributed by atoms with Gasteiger partial charge in [0.2, 0.25) is 0 Å². The molecule has 1 saturated heterocycles.